The van der Waals surface area contributed by atoms with Gasteiger partial charge in [0.1, 0.15) is 0 Å². The van der Waals surface area contributed by atoms with Gasteiger partial charge in [0, 0.05) is 11.7 Å². The molecule has 3 aromatic rings. The molecule has 8 heteroatoms. The molecule has 0 saturated heterocycles. The summed E-state index contributed by atoms with van der Waals surface area (Å²) < 4.78 is 33.4. The summed E-state index contributed by atoms with van der Waals surface area (Å²) in [5, 5.41) is 2.73. The van der Waals surface area contributed by atoms with Gasteiger partial charge in [0.15, 0.2) is 6.61 Å². The highest BCUT2D eigenvalue weighted by atomic mass is 32.2. The van der Waals surface area contributed by atoms with Gasteiger partial charge in [-0.3, -0.25) is 9.10 Å². The molecule has 0 bridgehead atoms. The van der Waals surface area contributed by atoms with Crippen molar-refractivity contribution in [1.82, 2.24) is 0 Å². The van der Waals surface area contributed by atoms with Crippen LogP contribution in [0.2, 0.25) is 0 Å². The number of benzene rings is 3. The predicted molar refractivity (Wildman–Crippen MR) is 131 cm³/mol. The van der Waals surface area contributed by atoms with Gasteiger partial charge in [0.2, 0.25) is 0 Å². The Morgan fingerprint density at radius 1 is 1.03 bits per heavy atom. The number of nitrogens with one attached hydrogen (secondary N) is 1. The van der Waals surface area contributed by atoms with Crippen LogP contribution in [0.15, 0.2) is 71.6 Å². The van der Waals surface area contributed by atoms with Crippen molar-refractivity contribution in [2.24, 2.45) is 0 Å². The van der Waals surface area contributed by atoms with Gasteiger partial charge in [-0.25, -0.2) is 13.2 Å². The van der Waals surface area contributed by atoms with Crippen molar-refractivity contribution >= 4 is 33.3 Å². The number of amides is 1. The highest BCUT2D eigenvalue weighted by molar-refractivity contribution is 7.92. The zero-order valence-corrected chi connectivity index (χ0v) is 20.1. The number of carbonyl (C=O) groups excluding carboxylic acids is 2. The van der Waals surface area contributed by atoms with Gasteiger partial charge in [-0.15, -0.1) is 0 Å². The maximum atomic E-state index is 13.4. The quantitative estimate of drug-likeness (QED) is 0.535. The molecule has 4 rings (SSSR count). The Hall–Kier alpha value is -3.65. The van der Waals surface area contributed by atoms with Crippen LogP contribution in [0, 0.1) is 13.8 Å². The first-order chi connectivity index (χ1) is 16.2. The number of sulfonamides is 1. The number of ether oxygens (including phenoxy) is 1. The SMILES string of the molecule is Cc1ccc(C)c(NC(=O)COC(=O)c2cccc(S(=O)(=O)N3c4ccccc4CC3C)c2)c1. The van der Waals surface area contributed by atoms with E-state index < -0.39 is 28.5 Å². The van der Waals surface area contributed by atoms with Crippen LogP contribution in [0.3, 0.4) is 0 Å². The fourth-order valence-electron chi connectivity index (χ4n) is 4.07. The molecule has 0 aromatic heterocycles. The number of para-hydroxylation sites is 1. The van der Waals surface area contributed by atoms with Crippen molar-refractivity contribution < 1.29 is 22.7 Å². The molecular weight excluding hydrogens is 452 g/mol. The molecule has 1 aliphatic heterocycles. The third-order valence-corrected chi connectivity index (χ3v) is 7.70. The van der Waals surface area contributed by atoms with Crippen molar-refractivity contribution in [2.45, 2.75) is 38.1 Å². The second kappa shape index (κ2) is 9.30. The van der Waals surface area contributed by atoms with Crippen LogP contribution in [0.4, 0.5) is 11.4 Å². The van der Waals surface area contributed by atoms with E-state index in [0.29, 0.717) is 17.8 Å². The molecule has 0 spiro atoms. The smallest absolute Gasteiger partial charge is 0.338 e. The highest BCUT2D eigenvalue weighted by Crippen LogP contribution is 2.36. The van der Waals surface area contributed by atoms with E-state index in [1.165, 1.54) is 28.6 Å². The van der Waals surface area contributed by atoms with Gasteiger partial charge in [0.25, 0.3) is 15.9 Å². The van der Waals surface area contributed by atoms with Crippen LogP contribution in [-0.4, -0.2) is 32.9 Å². The molecule has 1 amide bonds. The average Bonchev–Trinajstić information content (AvgIpc) is 3.16. The molecule has 0 aliphatic carbocycles. The molecule has 3 aromatic carbocycles. The molecule has 34 heavy (non-hydrogen) atoms. The van der Waals surface area contributed by atoms with Crippen molar-refractivity contribution in [2.75, 3.05) is 16.2 Å². The lowest BCUT2D eigenvalue weighted by Crippen LogP contribution is -2.35. The van der Waals surface area contributed by atoms with Gasteiger partial charge in [0.05, 0.1) is 16.1 Å². The zero-order chi connectivity index (χ0) is 24.5. The first-order valence-corrected chi connectivity index (χ1v) is 12.4. The largest absolute Gasteiger partial charge is 0.452 e. The molecule has 176 valence electrons. The van der Waals surface area contributed by atoms with Crippen molar-refractivity contribution in [3.63, 3.8) is 0 Å². The van der Waals surface area contributed by atoms with E-state index in [1.54, 1.807) is 12.1 Å². The van der Waals surface area contributed by atoms with Gasteiger partial charge in [-0.1, -0.05) is 36.4 Å². The molecule has 1 atom stereocenters. The molecular formula is C26H26N2O5S. The number of esters is 1. The van der Waals surface area contributed by atoms with Crippen molar-refractivity contribution in [3.8, 4) is 0 Å². The maximum Gasteiger partial charge on any atom is 0.338 e. The molecule has 1 N–H and O–H groups in total. The summed E-state index contributed by atoms with van der Waals surface area (Å²) in [6, 6.07) is 18.5. The Morgan fingerprint density at radius 2 is 1.79 bits per heavy atom. The van der Waals surface area contributed by atoms with E-state index >= 15 is 0 Å². The maximum absolute atomic E-state index is 13.4. The van der Waals surface area contributed by atoms with Crippen molar-refractivity contribution in [1.29, 1.82) is 0 Å². The minimum absolute atomic E-state index is 0.00894. The molecule has 1 aliphatic rings. The number of carbonyl (C=O) groups is 2. The van der Waals surface area contributed by atoms with Crippen LogP contribution in [0.25, 0.3) is 0 Å². The number of nitrogens with zero attached hydrogens (tertiary/aromatic N) is 1. The van der Waals surface area contributed by atoms with Crippen LogP contribution in [0.5, 0.6) is 0 Å². The fraction of sp³-hybridized carbons (Fsp3) is 0.231. The molecule has 0 saturated carbocycles. The van der Waals surface area contributed by atoms with Gasteiger partial charge in [-0.2, -0.15) is 0 Å². The Labute approximate surface area is 199 Å². The van der Waals surface area contributed by atoms with Crippen LogP contribution in [-0.2, 0) is 26.0 Å². The molecule has 7 nitrogen and oxygen atoms in total. The van der Waals surface area contributed by atoms with E-state index in [4.69, 9.17) is 4.74 Å². The summed E-state index contributed by atoms with van der Waals surface area (Å²) in [4.78, 5) is 24.8. The van der Waals surface area contributed by atoms with E-state index in [0.717, 1.165) is 16.7 Å². The van der Waals surface area contributed by atoms with Gasteiger partial charge in [-0.05, 0) is 74.2 Å². The third kappa shape index (κ3) is 4.68. The van der Waals surface area contributed by atoms with E-state index in [9.17, 15) is 18.0 Å². The zero-order valence-electron chi connectivity index (χ0n) is 19.2. The number of aryl methyl sites for hydroxylation is 2. The number of anilines is 2. The summed E-state index contributed by atoms with van der Waals surface area (Å²) in [5.41, 5.74) is 4.19. The van der Waals surface area contributed by atoms with Crippen LogP contribution >= 0.6 is 0 Å². The van der Waals surface area contributed by atoms with Gasteiger partial charge < -0.3 is 10.1 Å². The third-order valence-electron chi connectivity index (χ3n) is 5.77. The number of fused-ring (bicyclic) bond motifs is 1. The normalized spacial score (nSPS) is 15.0. The Morgan fingerprint density at radius 3 is 2.59 bits per heavy atom. The lowest BCUT2D eigenvalue weighted by molar-refractivity contribution is -0.119. The summed E-state index contributed by atoms with van der Waals surface area (Å²) >= 11 is 0. The second-order valence-corrected chi connectivity index (χ2v) is 10.3. The second-order valence-electron chi connectivity index (χ2n) is 8.45. The summed E-state index contributed by atoms with van der Waals surface area (Å²) in [6.45, 7) is 5.15. The molecule has 1 heterocycles. The first-order valence-electron chi connectivity index (χ1n) is 10.9. The lowest BCUT2D eigenvalue weighted by atomic mass is 10.1. The Balaban J connectivity index is 1.47. The molecule has 1 unspecified atom stereocenters. The highest BCUT2D eigenvalue weighted by Gasteiger charge is 2.36. The number of rotatable bonds is 6. The summed E-state index contributed by atoms with van der Waals surface area (Å²) in [7, 11) is -3.89. The Kier molecular flexibility index (Phi) is 6.43. The predicted octanol–water partition coefficient (Wildman–Crippen LogP) is 4.24. The van der Waals surface area contributed by atoms with Gasteiger partial charge >= 0.3 is 5.97 Å². The minimum atomic E-state index is -3.89. The number of hydrogen-bond acceptors (Lipinski definition) is 5. The summed E-state index contributed by atoms with van der Waals surface area (Å²) in [5.74, 6) is -1.25. The van der Waals surface area contributed by atoms with Crippen LogP contribution in [0.1, 0.15) is 34.0 Å². The van der Waals surface area contributed by atoms with E-state index in [1.807, 2.05) is 51.1 Å². The van der Waals surface area contributed by atoms with E-state index in [-0.39, 0.29) is 16.5 Å². The summed E-state index contributed by atoms with van der Waals surface area (Å²) in [6.07, 6.45) is 0.618. The Bertz CT molecular complexity index is 1370. The van der Waals surface area contributed by atoms with E-state index in [2.05, 4.69) is 5.32 Å². The average molecular weight is 479 g/mol. The number of hydrogen-bond donors (Lipinski definition) is 1. The first kappa shape index (κ1) is 23.5. The molecule has 0 radical (unpaired) electrons. The topological polar surface area (TPSA) is 92.8 Å². The van der Waals surface area contributed by atoms with Crippen molar-refractivity contribution in [3.05, 3.63) is 89.0 Å². The minimum Gasteiger partial charge on any atom is -0.452 e. The fourth-order valence-corrected chi connectivity index (χ4v) is 5.81. The monoisotopic (exact) mass is 478 g/mol. The van der Waals surface area contributed by atoms with Crippen LogP contribution < -0.4 is 9.62 Å². The molecule has 0 fully saturated rings. The lowest BCUT2D eigenvalue weighted by Gasteiger charge is -2.24. The standard InChI is InChI=1S/C26H26N2O5S/c1-17-11-12-18(2)23(13-17)27-25(29)16-33-26(30)21-8-6-9-22(15-21)34(31,32)28-19(3)14-20-7-4-5-10-24(20)28/h4-13,15,19H,14,16H2,1-3H3,(H,27,29).